The fourth-order valence-corrected chi connectivity index (χ4v) is 3.67. The third-order valence-electron chi connectivity index (χ3n) is 5.22. The summed E-state index contributed by atoms with van der Waals surface area (Å²) < 4.78 is 5.36. The molecule has 1 saturated carbocycles. The Balaban J connectivity index is 2.44. The molecule has 2 N–H and O–H groups in total. The van der Waals surface area contributed by atoms with Crippen LogP contribution in [0.25, 0.3) is 0 Å². The summed E-state index contributed by atoms with van der Waals surface area (Å²) in [7, 11) is 0. The predicted octanol–water partition coefficient (Wildman–Crippen LogP) is 5.26. The number of unbranched alkanes of at least 4 members (excludes halogenated alkanes) is 1. The van der Waals surface area contributed by atoms with Crippen LogP contribution in [0.3, 0.4) is 0 Å². The fourth-order valence-electron chi connectivity index (χ4n) is 3.67. The average molecular weight is 355 g/mol. The summed E-state index contributed by atoms with van der Waals surface area (Å²) in [6.45, 7) is 15.6. The summed E-state index contributed by atoms with van der Waals surface area (Å²) in [4.78, 5) is 11.9. The predicted molar refractivity (Wildman–Crippen MR) is 106 cm³/mol. The van der Waals surface area contributed by atoms with Gasteiger partial charge in [-0.15, -0.1) is 0 Å². The SMILES string of the molecule is CCCCC(CNC(=O)OC(C)(C)C)NC1CCC(C(C)(C)C)CC1. The highest BCUT2D eigenvalue weighted by atomic mass is 16.6. The van der Waals surface area contributed by atoms with E-state index in [4.69, 9.17) is 4.74 Å². The van der Waals surface area contributed by atoms with Gasteiger partial charge in [0, 0.05) is 18.6 Å². The molecule has 0 radical (unpaired) electrons. The molecule has 1 fully saturated rings. The number of amides is 1. The number of ether oxygens (including phenoxy) is 1. The van der Waals surface area contributed by atoms with Crippen molar-refractivity contribution in [3.8, 4) is 0 Å². The van der Waals surface area contributed by atoms with Gasteiger partial charge in [-0.1, -0.05) is 40.5 Å². The summed E-state index contributed by atoms with van der Waals surface area (Å²) >= 11 is 0. The van der Waals surface area contributed by atoms with E-state index in [1.54, 1.807) is 0 Å². The molecule has 25 heavy (non-hydrogen) atoms. The molecule has 0 aliphatic heterocycles. The molecule has 0 saturated heterocycles. The molecule has 1 rings (SSSR count). The molecule has 1 atom stereocenters. The van der Waals surface area contributed by atoms with Crippen molar-refractivity contribution in [2.45, 2.75) is 111 Å². The van der Waals surface area contributed by atoms with Crippen LogP contribution in [0.5, 0.6) is 0 Å². The monoisotopic (exact) mass is 354 g/mol. The van der Waals surface area contributed by atoms with Crippen LogP contribution >= 0.6 is 0 Å². The van der Waals surface area contributed by atoms with Crippen LogP contribution in [0, 0.1) is 11.3 Å². The molecule has 0 spiro atoms. The average Bonchev–Trinajstić information content (AvgIpc) is 2.48. The first-order valence-corrected chi connectivity index (χ1v) is 10.2. The first-order valence-electron chi connectivity index (χ1n) is 10.2. The van der Waals surface area contributed by atoms with Crippen LogP contribution in [0.2, 0.25) is 0 Å². The van der Waals surface area contributed by atoms with E-state index in [1.807, 2.05) is 20.8 Å². The molecule has 148 valence electrons. The molecule has 0 aromatic carbocycles. The smallest absolute Gasteiger partial charge is 0.407 e. The lowest BCUT2D eigenvalue weighted by atomic mass is 9.71. The Labute approximate surface area is 155 Å². The Morgan fingerprint density at radius 2 is 1.68 bits per heavy atom. The van der Waals surface area contributed by atoms with Gasteiger partial charge in [-0.05, 0) is 64.2 Å². The van der Waals surface area contributed by atoms with Crippen molar-refractivity contribution < 1.29 is 9.53 Å². The first-order chi connectivity index (χ1) is 11.5. The molecule has 0 aromatic rings. The van der Waals surface area contributed by atoms with Crippen molar-refractivity contribution in [1.82, 2.24) is 10.6 Å². The highest BCUT2D eigenvalue weighted by Crippen LogP contribution is 2.37. The Morgan fingerprint density at radius 3 is 2.16 bits per heavy atom. The lowest BCUT2D eigenvalue weighted by molar-refractivity contribution is 0.0519. The van der Waals surface area contributed by atoms with Crippen LogP contribution < -0.4 is 10.6 Å². The van der Waals surface area contributed by atoms with Crippen LogP contribution in [-0.4, -0.2) is 30.3 Å². The number of hydrogen-bond acceptors (Lipinski definition) is 3. The molecule has 1 aliphatic carbocycles. The van der Waals surface area contributed by atoms with E-state index in [1.165, 1.54) is 38.5 Å². The number of hydrogen-bond donors (Lipinski definition) is 2. The molecule has 1 unspecified atom stereocenters. The second-order valence-corrected chi connectivity index (χ2v) is 9.80. The Kier molecular flexibility index (Phi) is 8.73. The van der Waals surface area contributed by atoms with Gasteiger partial charge in [0.15, 0.2) is 0 Å². The van der Waals surface area contributed by atoms with Gasteiger partial charge in [0.25, 0.3) is 0 Å². The highest BCUT2D eigenvalue weighted by Gasteiger charge is 2.30. The second kappa shape index (κ2) is 9.80. The fraction of sp³-hybridized carbons (Fsp3) is 0.952. The minimum Gasteiger partial charge on any atom is -0.444 e. The molecule has 1 amide bonds. The Bertz CT molecular complexity index is 388. The Hall–Kier alpha value is -0.770. The standard InChI is InChI=1S/C21H42N2O2/c1-8-9-10-18(15-22-19(24)25-21(5,6)7)23-17-13-11-16(12-14-17)20(2,3)4/h16-18,23H,8-15H2,1-7H3,(H,22,24). The third-order valence-corrected chi connectivity index (χ3v) is 5.22. The summed E-state index contributed by atoms with van der Waals surface area (Å²) in [6, 6.07) is 0.921. The van der Waals surface area contributed by atoms with E-state index < -0.39 is 5.60 Å². The van der Waals surface area contributed by atoms with Gasteiger partial charge in [0.1, 0.15) is 5.60 Å². The summed E-state index contributed by atoms with van der Waals surface area (Å²) in [6.07, 6.45) is 8.26. The molecule has 0 heterocycles. The van der Waals surface area contributed by atoms with Gasteiger partial charge in [0.05, 0.1) is 0 Å². The normalized spacial score (nSPS) is 23.2. The quantitative estimate of drug-likeness (QED) is 0.655. The zero-order chi connectivity index (χ0) is 19.1. The molecule has 1 aliphatic rings. The molecule has 0 bridgehead atoms. The highest BCUT2D eigenvalue weighted by molar-refractivity contribution is 5.67. The van der Waals surface area contributed by atoms with Crippen molar-refractivity contribution >= 4 is 6.09 Å². The number of carbonyl (C=O) groups is 1. The van der Waals surface area contributed by atoms with Crippen molar-refractivity contribution in [3.05, 3.63) is 0 Å². The first kappa shape index (κ1) is 22.3. The van der Waals surface area contributed by atoms with Crippen LogP contribution in [0.15, 0.2) is 0 Å². The number of rotatable bonds is 7. The van der Waals surface area contributed by atoms with Gasteiger partial charge in [-0.3, -0.25) is 0 Å². The van der Waals surface area contributed by atoms with E-state index in [2.05, 4.69) is 38.3 Å². The van der Waals surface area contributed by atoms with Gasteiger partial charge >= 0.3 is 6.09 Å². The van der Waals surface area contributed by atoms with E-state index in [9.17, 15) is 4.79 Å². The summed E-state index contributed by atoms with van der Waals surface area (Å²) in [5.74, 6) is 0.833. The number of nitrogens with one attached hydrogen (secondary N) is 2. The second-order valence-electron chi connectivity index (χ2n) is 9.80. The largest absolute Gasteiger partial charge is 0.444 e. The van der Waals surface area contributed by atoms with Gasteiger partial charge in [-0.25, -0.2) is 4.79 Å². The topological polar surface area (TPSA) is 50.4 Å². The zero-order valence-electron chi connectivity index (χ0n) is 17.7. The van der Waals surface area contributed by atoms with E-state index in [0.717, 1.165) is 12.3 Å². The van der Waals surface area contributed by atoms with E-state index >= 15 is 0 Å². The van der Waals surface area contributed by atoms with Crippen LogP contribution in [-0.2, 0) is 4.74 Å². The maximum Gasteiger partial charge on any atom is 0.407 e. The molecular formula is C21H42N2O2. The van der Waals surface area contributed by atoms with Gasteiger partial charge < -0.3 is 15.4 Å². The number of carbonyl (C=O) groups excluding carboxylic acids is 1. The molecule has 4 nitrogen and oxygen atoms in total. The van der Waals surface area contributed by atoms with E-state index in [-0.39, 0.29) is 6.09 Å². The lowest BCUT2D eigenvalue weighted by Gasteiger charge is -2.38. The molecular weight excluding hydrogens is 312 g/mol. The maximum atomic E-state index is 11.9. The molecule has 4 heteroatoms. The lowest BCUT2D eigenvalue weighted by Crippen LogP contribution is -2.47. The van der Waals surface area contributed by atoms with Gasteiger partial charge in [0.2, 0.25) is 0 Å². The minimum absolute atomic E-state index is 0.313. The van der Waals surface area contributed by atoms with Crippen LogP contribution in [0.1, 0.15) is 93.4 Å². The van der Waals surface area contributed by atoms with Crippen molar-refractivity contribution in [1.29, 1.82) is 0 Å². The third kappa shape index (κ3) is 9.48. The van der Waals surface area contributed by atoms with Crippen molar-refractivity contribution in [2.75, 3.05) is 6.54 Å². The maximum absolute atomic E-state index is 11.9. The zero-order valence-corrected chi connectivity index (χ0v) is 17.7. The number of alkyl carbamates (subject to hydrolysis) is 1. The summed E-state index contributed by atoms with van der Waals surface area (Å²) in [5.41, 5.74) is -0.0212. The Morgan fingerprint density at radius 1 is 1.08 bits per heavy atom. The molecule has 0 aromatic heterocycles. The van der Waals surface area contributed by atoms with Crippen molar-refractivity contribution in [2.24, 2.45) is 11.3 Å². The van der Waals surface area contributed by atoms with Crippen molar-refractivity contribution in [3.63, 3.8) is 0 Å². The minimum atomic E-state index is -0.443. The van der Waals surface area contributed by atoms with E-state index in [0.29, 0.717) is 24.0 Å². The van der Waals surface area contributed by atoms with Crippen LogP contribution in [0.4, 0.5) is 4.79 Å². The summed E-state index contributed by atoms with van der Waals surface area (Å²) in [5, 5.41) is 6.76. The van der Waals surface area contributed by atoms with Gasteiger partial charge in [-0.2, -0.15) is 0 Å².